The molecule has 0 bridgehead atoms. The third-order valence-electron chi connectivity index (χ3n) is 2.88. The van der Waals surface area contributed by atoms with Gasteiger partial charge in [0.2, 0.25) is 0 Å². The zero-order valence-electron chi connectivity index (χ0n) is 11.5. The summed E-state index contributed by atoms with van der Waals surface area (Å²) in [5.74, 6) is -2.81. The molecule has 0 aliphatic carbocycles. The molecule has 3 nitrogen and oxygen atoms in total. The predicted octanol–water partition coefficient (Wildman–Crippen LogP) is 3.94. The predicted molar refractivity (Wildman–Crippen MR) is 80.1 cm³/mol. The van der Waals surface area contributed by atoms with Crippen LogP contribution in [0.1, 0.15) is 10.4 Å². The fourth-order valence-electron chi connectivity index (χ4n) is 1.76. The highest BCUT2D eigenvalue weighted by molar-refractivity contribution is 6.34. The van der Waals surface area contributed by atoms with E-state index in [0.29, 0.717) is 5.69 Å². The highest BCUT2D eigenvalue weighted by atomic mass is 35.5. The molecule has 1 N–H and O–H groups in total. The van der Waals surface area contributed by atoms with Gasteiger partial charge in [-0.3, -0.25) is 4.79 Å². The van der Waals surface area contributed by atoms with E-state index >= 15 is 0 Å². The maximum atomic E-state index is 13.2. The largest absolute Gasteiger partial charge is 0.378 e. The summed E-state index contributed by atoms with van der Waals surface area (Å²) in [6, 6.07) is 8.66. The van der Waals surface area contributed by atoms with Crippen LogP contribution in [0.3, 0.4) is 0 Å². The number of carbonyl (C=O) groups excluding carboxylic acids is 1. The Labute approximate surface area is 126 Å². The van der Waals surface area contributed by atoms with Gasteiger partial charge in [-0.25, -0.2) is 8.78 Å². The van der Waals surface area contributed by atoms with E-state index in [9.17, 15) is 13.6 Å². The molecule has 0 aliphatic rings. The van der Waals surface area contributed by atoms with E-state index in [1.807, 2.05) is 25.1 Å². The SMILES string of the molecule is CN(C)c1cccc(NC(=O)c2cc(F)c(F)cc2Cl)c1. The van der Waals surface area contributed by atoms with E-state index in [0.717, 1.165) is 17.8 Å². The highest BCUT2D eigenvalue weighted by Crippen LogP contribution is 2.22. The third-order valence-corrected chi connectivity index (χ3v) is 3.19. The second-order valence-corrected chi connectivity index (χ2v) is 5.05. The van der Waals surface area contributed by atoms with Crippen LogP contribution in [0.15, 0.2) is 36.4 Å². The van der Waals surface area contributed by atoms with Crippen molar-refractivity contribution in [3.63, 3.8) is 0 Å². The molecule has 2 rings (SSSR count). The lowest BCUT2D eigenvalue weighted by molar-refractivity contribution is 0.102. The Morgan fingerprint density at radius 2 is 1.81 bits per heavy atom. The van der Waals surface area contributed by atoms with Gasteiger partial charge < -0.3 is 10.2 Å². The van der Waals surface area contributed by atoms with Crippen LogP contribution < -0.4 is 10.2 Å². The Morgan fingerprint density at radius 3 is 2.48 bits per heavy atom. The molecule has 0 aliphatic heterocycles. The van der Waals surface area contributed by atoms with Crippen molar-refractivity contribution in [3.8, 4) is 0 Å². The number of carbonyl (C=O) groups is 1. The maximum Gasteiger partial charge on any atom is 0.257 e. The van der Waals surface area contributed by atoms with Gasteiger partial charge >= 0.3 is 0 Å². The van der Waals surface area contributed by atoms with Crippen molar-refractivity contribution in [2.24, 2.45) is 0 Å². The zero-order chi connectivity index (χ0) is 15.6. The van der Waals surface area contributed by atoms with E-state index in [1.165, 1.54) is 0 Å². The molecule has 110 valence electrons. The van der Waals surface area contributed by atoms with E-state index in [4.69, 9.17) is 11.6 Å². The first-order chi connectivity index (χ1) is 9.88. The van der Waals surface area contributed by atoms with Gasteiger partial charge in [0.1, 0.15) is 0 Å². The molecule has 0 saturated heterocycles. The number of benzene rings is 2. The minimum atomic E-state index is -1.12. The first kappa shape index (κ1) is 15.3. The fourth-order valence-corrected chi connectivity index (χ4v) is 1.99. The molecular formula is C15H13ClF2N2O. The summed E-state index contributed by atoms with van der Waals surface area (Å²) in [5, 5.41) is 2.46. The van der Waals surface area contributed by atoms with Gasteiger partial charge in [-0.05, 0) is 30.3 Å². The van der Waals surface area contributed by atoms with Crippen molar-refractivity contribution in [1.82, 2.24) is 0 Å². The zero-order valence-corrected chi connectivity index (χ0v) is 12.2. The Kier molecular flexibility index (Phi) is 4.43. The molecule has 2 aromatic rings. The van der Waals surface area contributed by atoms with Crippen LogP contribution in [0.2, 0.25) is 5.02 Å². The minimum absolute atomic E-state index is 0.120. The van der Waals surface area contributed by atoms with Crippen molar-refractivity contribution < 1.29 is 13.6 Å². The fraction of sp³-hybridized carbons (Fsp3) is 0.133. The van der Waals surface area contributed by atoms with Gasteiger partial charge in [-0.1, -0.05) is 17.7 Å². The summed E-state index contributed by atoms with van der Waals surface area (Å²) in [4.78, 5) is 14.0. The topological polar surface area (TPSA) is 32.3 Å². The summed E-state index contributed by atoms with van der Waals surface area (Å²) in [7, 11) is 3.74. The van der Waals surface area contributed by atoms with E-state index in [-0.39, 0.29) is 10.6 Å². The van der Waals surface area contributed by atoms with Crippen LogP contribution in [-0.4, -0.2) is 20.0 Å². The number of amides is 1. The second kappa shape index (κ2) is 6.10. The maximum absolute atomic E-state index is 13.2. The van der Waals surface area contributed by atoms with Crippen LogP contribution in [0.25, 0.3) is 0 Å². The molecule has 0 saturated carbocycles. The summed E-state index contributed by atoms with van der Waals surface area (Å²) in [6.07, 6.45) is 0. The lowest BCUT2D eigenvalue weighted by Gasteiger charge is -2.14. The molecule has 2 aromatic carbocycles. The molecule has 0 unspecified atom stereocenters. The number of halogens is 3. The molecule has 6 heteroatoms. The van der Waals surface area contributed by atoms with Crippen LogP contribution in [0, 0.1) is 11.6 Å². The number of nitrogens with zero attached hydrogens (tertiary/aromatic N) is 1. The molecule has 0 aromatic heterocycles. The normalized spacial score (nSPS) is 10.3. The van der Waals surface area contributed by atoms with Crippen molar-refractivity contribution in [2.75, 3.05) is 24.3 Å². The minimum Gasteiger partial charge on any atom is -0.378 e. The molecule has 1 amide bonds. The van der Waals surface area contributed by atoms with Gasteiger partial charge in [0, 0.05) is 25.5 Å². The monoisotopic (exact) mass is 310 g/mol. The molecule has 0 fully saturated rings. The molecule has 0 spiro atoms. The number of hydrogen-bond donors (Lipinski definition) is 1. The molecule has 21 heavy (non-hydrogen) atoms. The number of hydrogen-bond acceptors (Lipinski definition) is 2. The second-order valence-electron chi connectivity index (χ2n) is 4.65. The Hall–Kier alpha value is -2.14. The summed E-state index contributed by atoms with van der Waals surface area (Å²) in [5.41, 5.74) is 1.31. The number of anilines is 2. The number of rotatable bonds is 3. The molecule has 0 atom stereocenters. The number of nitrogens with one attached hydrogen (secondary N) is 1. The average Bonchev–Trinajstić information content (AvgIpc) is 2.43. The van der Waals surface area contributed by atoms with Crippen LogP contribution >= 0.6 is 11.6 Å². The van der Waals surface area contributed by atoms with Crippen molar-refractivity contribution >= 4 is 28.9 Å². The lowest BCUT2D eigenvalue weighted by Crippen LogP contribution is -2.14. The first-order valence-corrected chi connectivity index (χ1v) is 6.49. The van der Waals surface area contributed by atoms with Gasteiger partial charge in [-0.15, -0.1) is 0 Å². The Morgan fingerprint density at radius 1 is 1.14 bits per heavy atom. The molecule has 0 radical (unpaired) electrons. The summed E-state index contributed by atoms with van der Waals surface area (Å²) >= 11 is 5.77. The Balaban J connectivity index is 2.26. The first-order valence-electron chi connectivity index (χ1n) is 6.12. The van der Waals surface area contributed by atoms with E-state index in [2.05, 4.69) is 5.32 Å². The van der Waals surface area contributed by atoms with E-state index in [1.54, 1.807) is 18.2 Å². The van der Waals surface area contributed by atoms with Gasteiger partial charge in [0.05, 0.1) is 10.6 Å². The average molecular weight is 311 g/mol. The van der Waals surface area contributed by atoms with Gasteiger partial charge in [0.25, 0.3) is 5.91 Å². The van der Waals surface area contributed by atoms with E-state index < -0.39 is 17.5 Å². The van der Waals surface area contributed by atoms with Crippen LogP contribution in [0.5, 0.6) is 0 Å². The smallest absolute Gasteiger partial charge is 0.257 e. The molecule has 0 heterocycles. The third kappa shape index (κ3) is 3.49. The van der Waals surface area contributed by atoms with Crippen molar-refractivity contribution in [2.45, 2.75) is 0 Å². The quantitative estimate of drug-likeness (QED) is 0.871. The lowest BCUT2D eigenvalue weighted by atomic mass is 10.2. The Bertz CT molecular complexity index is 689. The van der Waals surface area contributed by atoms with Gasteiger partial charge in [-0.2, -0.15) is 0 Å². The summed E-state index contributed by atoms with van der Waals surface area (Å²) < 4.78 is 26.2. The highest BCUT2D eigenvalue weighted by Gasteiger charge is 2.15. The van der Waals surface area contributed by atoms with Crippen molar-refractivity contribution in [1.29, 1.82) is 0 Å². The standard InChI is InChI=1S/C15H13ClF2N2O/c1-20(2)10-5-3-4-9(6-10)19-15(21)11-7-13(17)14(18)8-12(11)16/h3-8H,1-2H3,(H,19,21). The molecular weight excluding hydrogens is 298 g/mol. The van der Waals surface area contributed by atoms with Crippen molar-refractivity contribution in [3.05, 3.63) is 58.6 Å². The summed E-state index contributed by atoms with van der Waals surface area (Å²) in [6.45, 7) is 0. The van der Waals surface area contributed by atoms with Gasteiger partial charge in [0.15, 0.2) is 11.6 Å². The van der Waals surface area contributed by atoms with Crippen LogP contribution in [0.4, 0.5) is 20.2 Å². The van der Waals surface area contributed by atoms with Crippen LogP contribution in [-0.2, 0) is 0 Å².